The average Bonchev–Trinajstić information content (AvgIpc) is 3.18. The van der Waals surface area contributed by atoms with Crippen molar-refractivity contribution in [3.05, 3.63) is 18.5 Å². The lowest BCUT2D eigenvalue weighted by atomic mass is 10.2. The van der Waals surface area contributed by atoms with E-state index in [9.17, 15) is 8.42 Å². The van der Waals surface area contributed by atoms with Crippen molar-refractivity contribution in [3.8, 4) is 0 Å². The number of aryl methyl sites for hydroxylation is 1. The van der Waals surface area contributed by atoms with Gasteiger partial charge in [-0.25, -0.2) is 13.1 Å². The van der Waals surface area contributed by atoms with Crippen molar-refractivity contribution in [2.45, 2.75) is 23.0 Å². The quantitative estimate of drug-likeness (QED) is 0.372. The molecule has 0 aromatic carbocycles. The lowest BCUT2D eigenvalue weighted by Gasteiger charge is -2.15. The van der Waals surface area contributed by atoms with Crippen LogP contribution in [0.4, 0.5) is 0 Å². The van der Waals surface area contributed by atoms with Crippen LogP contribution in [0.15, 0.2) is 28.3 Å². The molecule has 0 radical (unpaired) electrons. The van der Waals surface area contributed by atoms with Crippen LogP contribution in [0.25, 0.3) is 0 Å². The van der Waals surface area contributed by atoms with Crippen molar-refractivity contribution in [2.75, 3.05) is 32.4 Å². The van der Waals surface area contributed by atoms with Gasteiger partial charge in [-0.3, -0.25) is 4.99 Å². The molecule has 7 nitrogen and oxygen atoms in total. The summed E-state index contributed by atoms with van der Waals surface area (Å²) in [6.45, 7) is 1.67. The first-order valence-corrected chi connectivity index (χ1v) is 10.2. The molecule has 1 aliphatic rings. The predicted molar refractivity (Wildman–Crippen MR) is 95.4 cm³/mol. The fourth-order valence-electron chi connectivity index (χ4n) is 2.32. The third-order valence-electron chi connectivity index (χ3n) is 3.57. The first-order valence-electron chi connectivity index (χ1n) is 7.69. The number of aliphatic imine (C=N–C) groups is 1. The number of guanidine groups is 1. The Morgan fingerprint density at radius 1 is 1.43 bits per heavy atom. The summed E-state index contributed by atoms with van der Waals surface area (Å²) in [4.78, 5) is 4.43. The lowest BCUT2D eigenvalue weighted by Crippen LogP contribution is -2.43. The first-order chi connectivity index (χ1) is 11.0. The van der Waals surface area contributed by atoms with E-state index in [1.54, 1.807) is 37.1 Å². The van der Waals surface area contributed by atoms with E-state index in [1.165, 1.54) is 18.6 Å². The van der Waals surface area contributed by atoms with Crippen molar-refractivity contribution in [1.29, 1.82) is 0 Å². The summed E-state index contributed by atoms with van der Waals surface area (Å²) in [6.07, 6.45) is 5.81. The molecule has 1 fully saturated rings. The van der Waals surface area contributed by atoms with Crippen LogP contribution in [0.5, 0.6) is 0 Å². The van der Waals surface area contributed by atoms with Gasteiger partial charge in [0.05, 0.1) is 4.90 Å². The normalized spacial score (nSPS) is 19.0. The van der Waals surface area contributed by atoms with E-state index in [0.717, 1.165) is 6.54 Å². The zero-order valence-electron chi connectivity index (χ0n) is 13.6. The molecule has 1 unspecified atom stereocenters. The number of hydrogen-bond acceptors (Lipinski definition) is 4. The highest BCUT2D eigenvalue weighted by Crippen LogP contribution is 2.25. The van der Waals surface area contributed by atoms with Crippen LogP contribution in [0.1, 0.15) is 12.8 Å². The second kappa shape index (κ2) is 8.60. The van der Waals surface area contributed by atoms with Gasteiger partial charge in [-0.1, -0.05) is 0 Å². The van der Waals surface area contributed by atoms with Crippen LogP contribution >= 0.6 is 11.8 Å². The standard InChI is InChI=1S/C14H25N5O2S2/c1-15-14(17-10-12-4-3-9-22-12)16-6-7-18-23(20,21)13-5-8-19(2)11-13/h5,8,11-12,18H,3-4,6-7,9-10H2,1-2H3,(H2,15,16,17). The van der Waals surface area contributed by atoms with E-state index in [2.05, 4.69) is 20.3 Å². The molecule has 0 spiro atoms. The molecule has 2 rings (SSSR count). The van der Waals surface area contributed by atoms with Crippen LogP contribution in [0.3, 0.4) is 0 Å². The molecule has 2 heterocycles. The molecule has 23 heavy (non-hydrogen) atoms. The third-order valence-corrected chi connectivity index (χ3v) is 6.41. The Hall–Kier alpha value is -1.19. The van der Waals surface area contributed by atoms with Crippen molar-refractivity contribution < 1.29 is 8.42 Å². The summed E-state index contributed by atoms with van der Waals surface area (Å²) >= 11 is 1.99. The minimum Gasteiger partial charge on any atom is -0.356 e. The molecule has 1 aromatic heterocycles. The molecule has 1 aromatic rings. The smallest absolute Gasteiger partial charge is 0.242 e. The van der Waals surface area contributed by atoms with Gasteiger partial charge in [0.2, 0.25) is 10.0 Å². The Labute approximate surface area is 142 Å². The first kappa shape index (κ1) is 18.2. The molecule has 0 amide bonds. The van der Waals surface area contributed by atoms with Gasteiger partial charge >= 0.3 is 0 Å². The molecule has 1 saturated heterocycles. The van der Waals surface area contributed by atoms with Crippen molar-refractivity contribution in [1.82, 2.24) is 19.9 Å². The Bertz CT molecular complexity index is 621. The van der Waals surface area contributed by atoms with E-state index in [1.807, 2.05) is 11.8 Å². The molecule has 0 bridgehead atoms. The van der Waals surface area contributed by atoms with Crippen LogP contribution in [-0.4, -0.2) is 56.6 Å². The fourth-order valence-corrected chi connectivity index (χ4v) is 4.61. The van der Waals surface area contributed by atoms with Gasteiger partial charge < -0.3 is 15.2 Å². The molecular formula is C14H25N5O2S2. The number of nitrogens with one attached hydrogen (secondary N) is 3. The topological polar surface area (TPSA) is 87.5 Å². The predicted octanol–water partition coefficient (Wildman–Crippen LogP) is 0.364. The number of sulfonamides is 1. The minimum absolute atomic E-state index is 0.278. The lowest BCUT2D eigenvalue weighted by molar-refractivity contribution is 0.580. The van der Waals surface area contributed by atoms with E-state index in [0.29, 0.717) is 24.3 Å². The molecule has 1 aliphatic heterocycles. The fraction of sp³-hybridized carbons (Fsp3) is 0.643. The highest BCUT2D eigenvalue weighted by Gasteiger charge is 2.16. The maximum Gasteiger partial charge on any atom is 0.242 e. The Balaban J connectivity index is 1.68. The number of rotatable bonds is 7. The number of hydrogen-bond donors (Lipinski definition) is 3. The summed E-state index contributed by atoms with van der Waals surface area (Å²) in [7, 11) is 0.0602. The number of thioether (sulfide) groups is 1. The SMILES string of the molecule is CN=C(NCCNS(=O)(=O)c1ccn(C)c1)NCC1CCCS1. The average molecular weight is 360 g/mol. The molecule has 9 heteroatoms. The second-order valence-corrected chi connectivity index (χ2v) is 8.60. The molecule has 130 valence electrons. The van der Waals surface area contributed by atoms with Gasteiger partial charge in [0, 0.05) is 51.4 Å². The zero-order chi connectivity index (χ0) is 16.7. The van der Waals surface area contributed by atoms with Crippen molar-refractivity contribution in [2.24, 2.45) is 12.0 Å². The highest BCUT2D eigenvalue weighted by molar-refractivity contribution is 8.00. The minimum atomic E-state index is -3.44. The van der Waals surface area contributed by atoms with Crippen LogP contribution in [-0.2, 0) is 17.1 Å². The van der Waals surface area contributed by atoms with Crippen molar-refractivity contribution in [3.63, 3.8) is 0 Å². The second-order valence-electron chi connectivity index (χ2n) is 5.43. The Morgan fingerprint density at radius 3 is 2.87 bits per heavy atom. The molecule has 0 aliphatic carbocycles. The van der Waals surface area contributed by atoms with Crippen LogP contribution in [0, 0.1) is 0 Å². The van der Waals surface area contributed by atoms with Crippen molar-refractivity contribution >= 4 is 27.7 Å². The zero-order valence-corrected chi connectivity index (χ0v) is 15.2. The van der Waals surface area contributed by atoms with Gasteiger partial charge in [0.25, 0.3) is 0 Å². The van der Waals surface area contributed by atoms with Gasteiger partial charge in [0.15, 0.2) is 5.96 Å². The maximum absolute atomic E-state index is 12.1. The summed E-state index contributed by atoms with van der Waals surface area (Å²) in [5.74, 6) is 1.94. The Kier molecular flexibility index (Phi) is 6.79. The van der Waals surface area contributed by atoms with Gasteiger partial charge in [-0.2, -0.15) is 11.8 Å². The maximum atomic E-state index is 12.1. The highest BCUT2D eigenvalue weighted by atomic mass is 32.2. The van der Waals surface area contributed by atoms with Gasteiger partial charge in [0.1, 0.15) is 0 Å². The molecule has 3 N–H and O–H groups in total. The van der Waals surface area contributed by atoms with E-state index in [-0.39, 0.29) is 4.90 Å². The summed E-state index contributed by atoms with van der Waals surface area (Å²) in [5, 5.41) is 7.05. The largest absolute Gasteiger partial charge is 0.356 e. The summed E-state index contributed by atoms with van der Waals surface area (Å²) < 4.78 is 28.4. The van der Waals surface area contributed by atoms with E-state index < -0.39 is 10.0 Å². The third kappa shape index (κ3) is 5.74. The van der Waals surface area contributed by atoms with E-state index in [4.69, 9.17) is 0 Å². The van der Waals surface area contributed by atoms with E-state index >= 15 is 0 Å². The summed E-state index contributed by atoms with van der Waals surface area (Å²) in [6, 6.07) is 1.58. The van der Waals surface area contributed by atoms with Gasteiger partial charge in [-0.15, -0.1) is 0 Å². The number of nitrogens with zero attached hydrogens (tertiary/aromatic N) is 2. The van der Waals surface area contributed by atoms with Crippen LogP contribution in [0.2, 0.25) is 0 Å². The molecule has 0 saturated carbocycles. The molecule has 1 atom stereocenters. The Morgan fingerprint density at radius 2 is 2.26 bits per heavy atom. The monoisotopic (exact) mass is 359 g/mol. The summed E-state index contributed by atoms with van der Waals surface area (Å²) in [5.41, 5.74) is 0. The molecular weight excluding hydrogens is 334 g/mol. The number of aromatic nitrogens is 1. The van der Waals surface area contributed by atoms with Crippen LogP contribution < -0.4 is 15.4 Å². The van der Waals surface area contributed by atoms with Gasteiger partial charge in [-0.05, 0) is 24.7 Å².